The first-order valence-electron chi connectivity index (χ1n) is 16.8. The maximum Gasteiger partial charge on any atom is 0.331 e. The van der Waals surface area contributed by atoms with Gasteiger partial charge in [-0.3, -0.25) is 10.2 Å². The van der Waals surface area contributed by atoms with E-state index in [1.165, 1.54) is 26.0 Å². The number of aromatic hydroxyl groups is 3. The Labute approximate surface area is 292 Å². The molecule has 7 atom stereocenters. The van der Waals surface area contributed by atoms with Gasteiger partial charge in [-0.15, -0.1) is 11.8 Å². The highest BCUT2D eigenvalue weighted by molar-refractivity contribution is 7.99. The van der Waals surface area contributed by atoms with Crippen molar-refractivity contribution < 1.29 is 48.9 Å². The highest BCUT2D eigenvalue weighted by Gasteiger charge is 2.62. The van der Waals surface area contributed by atoms with Crippen LogP contribution in [0.25, 0.3) is 0 Å². The number of methoxy groups -OCH3 is 2. The molecule has 0 aromatic heterocycles. The molecule has 2 fully saturated rings. The van der Waals surface area contributed by atoms with E-state index in [0.29, 0.717) is 58.0 Å². The summed E-state index contributed by atoms with van der Waals surface area (Å²) >= 11 is 1.46. The molecule has 8 aliphatic rings. The minimum Gasteiger partial charge on any atom is -0.507 e. The highest BCUT2D eigenvalue weighted by Crippen LogP contribution is 2.64. The van der Waals surface area contributed by atoms with E-state index in [2.05, 4.69) is 10.6 Å². The fourth-order valence-electron chi connectivity index (χ4n) is 9.43. The zero-order valence-corrected chi connectivity index (χ0v) is 28.9. The quantitative estimate of drug-likeness (QED) is 0.215. The Kier molecular flexibility index (Phi) is 6.99. The summed E-state index contributed by atoms with van der Waals surface area (Å²) in [6, 6.07) is 3.47. The number of hydrogen-bond acceptors (Lipinski definition) is 14. The Morgan fingerprint density at radius 3 is 2.56 bits per heavy atom. The zero-order chi connectivity index (χ0) is 34.9. The second kappa shape index (κ2) is 11.0. The van der Waals surface area contributed by atoms with Crippen LogP contribution in [0.2, 0.25) is 0 Å². The van der Waals surface area contributed by atoms with E-state index in [1.807, 2.05) is 17.9 Å². The number of thioether (sulfide) groups is 1. The summed E-state index contributed by atoms with van der Waals surface area (Å²) in [6.45, 7) is 4.07. The summed E-state index contributed by atoms with van der Waals surface area (Å²) in [5.74, 6) is 1.21. The van der Waals surface area contributed by atoms with E-state index in [9.17, 15) is 25.2 Å². The van der Waals surface area contributed by atoms with Crippen LogP contribution in [0.5, 0.6) is 40.2 Å². The maximum absolute atomic E-state index is 14.6. The summed E-state index contributed by atoms with van der Waals surface area (Å²) in [5, 5.41) is 53.8. The van der Waals surface area contributed by atoms with Gasteiger partial charge in [-0.1, -0.05) is 6.07 Å². The number of benzene rings is 3. The molecule has 4 bridgehead atoms. The van der Waals surface area contributed by atoms with Crippen molar-refractivity contribution in [3.63, 3.8) is 0 Å². The van der Waals surface area contributed by atoms with Crippen molar-refractivity contribution in [2.75, 3.05) is 46.5 Å². The van der Waals surface area contributed by atoms with Crippen molar-refractivity contribution in [3.05, 3.63) is 62.7 Å². The van der Waals surface area contributed by atoms with E-state index in [1.54, 1.807) is 19.1 Å². The molecule has 0 amide bonds. The number of hydrogen-bond donors (Lipinski definition) is 6. The van der Waals surface area contributed by atoms with Crippen molar-refractivity contribution in [2.24, 2.45) is 0 Å². The van der Waals surface area contributed by atoms with Gasteiger partial charge < -0.3 is 49.4 Å². The largest absolute Gasteiger partial charge is 0.507 e. The van der Waals surface area contributed by atoms with E-state index in [4.69, 9.17) is 23.7 Å². The van der Waals surface area contributed by atoms with Crippen LogP contribution in [0.1, 0.15) is 61.8 Å². The number of aryl methyl sites for hydroxylation is 1. The molecule has 13 nitrogen and oxygen atoms in total. The molecular formula is C36H39N3O10S. The molecule has 50 heavy (non-hydrogen) atoms. The number of piperazine rings is 1. The SMILES string of the molecule is COc1cc2c(cc1O)CCN[C@]21CS[C@@H]2c3c(O)c(C)c4c(c3[C@H](COC1=O)N1C2C2NC[C@@]1(O)Cc1cc(C)c(OC)c(O)c12)OCO4. The average Bonchev–Trinajstić information content (AvgIpc) is 3.49. The van der Waals surface area contributed by atoms with Crippen LogP contribution in [0.4, 0.5) is 0 Å². The minimum absolute atomic E-state index is 0.00746. The first-order valence-corrected chi connectivity index (χ1v) is 17.8. The van der Waals surface area contributed by atoms with Crippen molar-refractivity contribution in [3.8, 4) is 40.2 Å². The molecule has 1 spiro atoms. The van der Waals surface area contributed by atoms with Gasteiger partial charge in [-0.2, -0.15) is 0 Å². The first kappa shape index (κ1) is 31.9. The third-order valence-corrected chi connectivity index (χ3v) is 13.0. The Morgan fingerprint density at radius 2 is 1.78 bits per heavy atom. The molecule has 3 aromatic carbocycles. The smallest absolute Gasteiger partial charge is 0.331 e. The van der Waals surface area contributed by atoms with Crippen LogP contribution >= 0.6 is 11.8 Å². The zero-order valence-electron chi connectivity index (χ0n) is 28.1. The number of phenols is 3. The predicted molar refractivity (Wildman–Crippen MR) is 180 cm³/mol. The number of esters is 1. The van der Waals surface area contributed by atoms with Gasteiger partial charge in [0.05, 0.1) is 31.6 Å². The normalized spacial score (nSPS) is 31.6. The lowest BCUT2D eigenvalue weighted by Crippen LogP contribution is -2.70. The molecule has 0 saturated carbocycles. The average molecular weight is 706 g/mol. The summed E-state index contributed by atoms with van der Waals surface area (Å²) in [7, 11) is 2.99. The van der Waals surface area contributed by atoms with Gasteiger partial charge >= 0.3 is 5.97 Å². The van der Waals surface area contributed by atoms with Gasteiger partial charge in [-0.05, 0) is 54.7 Å². The monoisotopic (exact) mass is 705 g/mol. The molecule has 3 unspecified atom stereocenters. The molecule has 14 heteroatoms. The summed E-state index contributed by atoms with van der Waals surface area (Å²) < 4.78 is 29.5. The van der Waals surface area contributed by atoms with Gasteiger partial charge in [0, 0.05) is 53.6 Å². The molecule has 8 heterocycles. The molecule has 0 radical (unpaired) electrons. The lowest BCUT2D eigenvalue weighted by atomic mass is 9.78. The van der Waals surface area contributed by atoms with E-state index in [0.717, 1.165) is 16.7 Å². The number of carbonyl (C=O) groups excluding carboxylic acids is 1. The number of aliphatic hydroxyl groups is 1. The van der Waals surface area contributed by atoms with Gasteiger partial charge in [-0.25, -0.2) is 4.79 Å². The van der Waals surface area contributed by atoms with Crippen LogP contribution in [0.3, 0.4) is 0 Å². The topological polar surface area (TPSA) is 171 Å². The van der Waals surface area contributed by atoms with Gasteiger partial charge in [0.15, 0.2) is 40.0 Å². The minimum atomic E-state index is -1.49. The third kappa shape index (κ3) is 4.07. The van der Waals surface area contributed by atoms with Crippen molar-refractivity contribution >= 4 is 17.7 Å². The number of fused-ring (bicyclic) bond motifs is 6. The van der Waals surface area contributed by atoms with Gasteiger partial charge in [0.25, 0.3) is 0 Å². The molecule has 11 rings (SSSR count). The molecular weight excluding hydrogens is 666 g/mol. The van der Waals surface area contributed by atoms with Crippen molar-refractivity contribution in [1.82, 2.24) is 15.5 Å². The first-order chi connectivity index (χ1) is 24.0. The third-order valence-electron chi connectivity index (χ3n) is 11.6. The fraction of sp³-hybridized carbons (Fsp3) is 0.472. The molecule has 2 saturated heterocycles. The number of phenolic OH excluding ortho intramolecular Hbond substituents is 3. The second-order valence-corrected chi connectivity index (χ2v) is 15.2. The summed E-state index contributed by atoms with van der Waals surface area (Å²) in [6.07, 6.45) is 0.759. The maximum atomic E-state index is 14.6. The van der Waals surface area contributed by atoms with Crippen molar-refractivity contribution in [2.45, 2.75) is 61.3 Å². The van der Waals surface area contributed by atoms with Crippen LogP contribution in [-0.4, -0.2) is 89.5 Å². The Balaban J connectivity index is 1.29. The van der Waals surface area contributed by atoms with Crippen LogP contribution in [0.15, 0.2) is 18.2 Å². The lowest BCUT2D eigenvalue weighted by Gasteiger charge is -2.58. The molecule has 264 valence electrons. The molecule has 6 N–H and O–H groups in total. The predicted octanol–water partition coefficient (Wildman–Crippen LogP) is 2.85. The number of ether oxygens (including phenoxy) is 5. The van der Waals surface area contributed by atoms with Crippen LogP contribution < -0.4 is 29.6 Å². The van der Waals surface area contributed by atoms with Gasteiger partial charge in [0.1, 0.15) is 18.1 Å². The van der Waals surface area contributed by atoms with E-state index < -0.39 is 40.6 Å². The summed E-state index contributed by atoms with van der Waals surface area (Å²) in [5.41, 5.74) is 2.56. The second-order valence-electron chi connectivity index (χ2n) is 14.0. The Bertz CT molecular complexity index is 1990. The van der Waals surface area contributed by atoms with Crippen LogP contribution in [0, 0.1) is 13.8 Å². The highest BCUT2D eigenvalue weighted by atomic mass is 32.2. The van der Waals surface area contributed by atoms with E-state index in [-0.39, 0.29) is 55.1 Å². The standard InChI is InChI=1S/C36H39N3O10S/c1-15-7-18-10-35(44)12-37-26(23(18)29(42)30(15)46-4)27-33-25-24(32-31(48-14-49-32)16(2)28(25)41)20(39(27)35)11-47-34(43)36(13-50-33)19-9-22(45-3)21(40)8-17(19)5-6-38-36/h7-9,20,26-27,33,37-38,40-42,44H,5-6,10-14H2,1-4H3/t20-,26?,27?,33+,35-,36+/m0/s1. The number of nitrogens with zero attached hydrogens (tertiary/aromatic N) is 1. The lowest BCUT2D eigenvalue weighted by molar-refractivity contribution is -0.191. The molecule has 8 aliphatic heterocycles. The molecule has 0 aliphatic carbocycles. The Hall–Kier alpha value is -4.08. The molecule has 3 aromatic rings. The van der Waals surface area contributed by atoms with Gasteiger partial charge in [0.2, 0.25) is 6.79 Å². The van der Waals surface area contributed by atoms with E-state index >= 15 is 0 Å². The Morgan fingerprint density at radius 1 is 0.980 bits per heavy atom. The fourth-order valence-corrected chi connectivity index (χ4v) is 11.1. The number of carbonyl (C=O) groups is 1. The number of rotatable bonds is 2. The number of nitrogens with one attached hydrogen (secondary N) is 2. The summed E-state index contributed by atoms with van der Waals surface area (Å²) in [4.78, 5) is 16.6. The van der Waals surface area contributed by atoms with Crippen LogP contribution in [-0.2, 0) is 27.9 Å². The van der Waals surface area contributed by atoms with Crippen molar-refractivity contribution in [1.29, 1.82) is 0 Å².